The number of amides is 3. The van der Waals surface area contributed by atoms with E-state index in [9.17, 15) is 22.8 Å². The van der Waals surface area contributed by atoms with Gasteiger partial charge in [0.1, 0.15) is 11.5 Å². The zero-order chi connectivity index (χ0) is 21.9. The summed E-state index contributed by atoms with van der Waals surface area (Å²) < 4.78 is 37.8. The molecule has 3 rings (SSSR count). The smallest absolute Gasteiger partial charge is 0.399 e. The number of nitrogens with two attached hydrogens (primary N) is 2. The van der Waals surface area contributed by atoms with Crippen molar-refractivity contribution in [3.05, 3.63) is 71.2 Å². The SMILES string of the molecule is NC(=O)c1[nH]c(Cc2ccc(N)cc2)nc1NC(=O)Nc1ccc(C(F)(F)F)cc1. The number of imidazole rings is 1. The molecule has 0 bridgehead atoms. The van der Waals surface area contributed by atoms with Gasteiger partial charge >= 0.3 is 12.2 Å². The van der Waals surface area contributed by atoms with Crippen LogP contribution in [-0.2, 0) is 12.6 Å². The van der Waals surface area contributed by atoms with Crippen molar-refractivity contribution in [3.63, 3.8) is 0 Å². The first-order chi connectivity index (χ1) is 14.1. The number of aromatic nitrogens is 2. The van der Waals surface area contributed by atoms with E-state index in [-0.39, 0.29) is 17.2 Å². The van der Waals surface area contributed by atoms with Gasteiger partial charge in [0.05, 0.1) is 5.56 Å². The summed E-state index contributed by atoms with van der Waals surface area (Å²) in [6, 6.07) is 10.1. The number of hydrogen-bond acceptors (Lipinski definition) is 4. The zero-order valence-electron chi connectivity index (χ0n) is 15.4. The molecule has 0 atom stereocenters. The number of nitrogens with one attached hydrogen (secondary N) is 3. The maximum Gasteiger partial charge on any atom is 0.416 e. The molecule has 1 aromatic heterocycles. The normalized spacial score (nSPS) is 11.2. The van der Waals surface area contributed by atoms with E-state index in [2.05, 4.69) is 20.6 Å². The number of aromatic amines is 1. The number of nitrogens with zero attached hydrogens (tertiary/aromatic N) is 1. The lowest BCUT2D eigenvalue weighted by atomic mass is 10.1. The maximum atomic E-state index is 12.6. The van der Waals surface area contributed by atoms with Gasteiger partial charge in [-0.25, -0.2) is 9.78 Å². The Morgan fingerprint density at radius 1 is 1.00 bits per heavy atom. The second kappa shape index (κ2) is 8.15. The fourth-order valence-electron chi connectivity index (χ4n) is 2.62. The third-order valence-electron chi connectivity index (χ3n) is 4.05. The average molecular weight is 418 g/mol. The second-order valence-electron chi connectivity index (χ2n) is 6.34. The summed E-state index contributed by atoms with van der Waals surface area (Å²) >= 11 is 0. The fourth-order valence-corrected chi connectivity index (χ4v) is 2.62. The lowest BCUT2D eigenvalue weighted by Gasteiger charge is -2.09. The molecule has 7 N–H and O–H groups in total. The summed E-state index contributed by atoms with van der Waals surface area (Å²) in [5, 5.41) is 4.73. The number of alkyl halides is 3. The van der Waals surface area contributed by atoms with Crippen LogP contribution in [0, 0.1) is 0 Å². The van der Waals surface area contributed by atoms with E-state index in [1.807, 2.05) is 0 Å². The molecule has 3 amide bonds. The third-order valence-corrected chi connectivity index (χ3v) is 4.05. The van der Waals surface area contributed by atoms with Crippen LogP contribution in [0.5, 0.6) is 0 Å². The van der Waals surface area contributed by atoms with E-state index >= 15 is 0 Å². The number of urea groups is 1. The number of H-pyrrole nitrogens is 1. The molecule has 0 saturated carbocycles. The molecule has 8 nitrogen and oxygen atoms in total. The van der Waals surface area contributed by atoms with Crippen LogP contribution < -0.4 is 22.1 Å². The lowest BCUT2D eigenvalue weighted by Crippen LogP contribution is -2.22. The number of hydrogen-bond donors (Lipinski definition) is 5. The van der Waals surface area contributed by atoms with E-state index < -0.39 is 23.7 Å². The molecule has 11 heteroatoms. The van der Waals surface area contributed by atoms with Crippen molar-refractivity contribution in [1.29, 1.82) is 0 Å². The first kappa shape index (κ1) is 20.7. The van der Waals surface area contributed by atoms with E-state index in [1.165, 1.54) is 0 Å². The van der Waals surface area contributed by atoms with Gasteiger partial charge in [0.2, 0.25) is 0 Å². The van der Waals surface area contributed by atoms with Crippen LogP contribution in [0.25, 0.3) is 0 Å². The highest BCUT2D eigenvalue weighted by Crippen LogP contribution is 2.29. The minimum Gasteiger partial charge on any atom is -0.399 e. The Balaban J connectivity index is 1.71. The Bertz CT molecular complexity index is 1060. The van der Waals surface area contributed by atoms with E-state index in [4.69, 9.17) is 11.5 Å². The number of carbonyl (C=O) groups excluding carboxylic acids is 2. The van der Waals surface area contributed by atoms with Crippen LogP contribution in [0.4, 0.5) is 35.2 Å². The summed E-state index contributed by atoms with van der Waals surface area (Å²) in [6.07, 6.45) is -4.16. The molecule has 0 radical (unpaired) electrons. The number of rotatable bonds is 5. The fraction of sp³-hybridized carbons (Fsp3) is 0.105. The lowest BCUT2D eigenvalue weighted by molar-refractivity contribution is -0.137. The number of primary amides is 1. The first-order valence-corrected chi connectivity index (χ1v) is 8.60. The topological polar surface area (TPSA) is 139 Å². The van der Waals surface area contributed by atoms with Gasteiger partial charge in [0, 0.05) is 17.8 Å². The van der Waals surface area contributed by atoms with Gasteiger partial charge in [-0.3, -0.25) is 10.1 Å². The van der Waals surface area contributed by atoms with E-state index in [0.717, 1.165) is 29.8 Å². The van der Waals surface area contributed by atoms with Gasteiger partial charge in [-0.15, -0.1) is 0 Å². The van der Waals surface area contributed by atoms with Crippen LogP contribution in [0.1, 0.15) is 27.4 Å². The molecule has 2 aromatic carbocycles. The molecule has 0 aliphatic carbocycles. The van der Waals surface area contributed by atoms with Crippen LogP contribution in [0.3, 0.4) is 0 Å². The van der Waals surface area contributed by atoms with Crippen molar-refractivity contribution < 1.29 is 22.8 Å². The Hall–Kier alpha value is -4.02. The van der Waals surface area contributed by atoms with Crippen molar-refractivity contribution in [2.45, 2.75) is 12.6 Å². The predicted molar refractivity (Wildman–Crippen MR) is 105 cm³/mol. The van der Waals surface area contributed by atoms with Crippen molar-refractivity contribution in [2.75, 3.05) is 16.4 Å². The number of anilines is 3. The van der Waals surface area contributed by atoms with Gasteiger partial charge in [0.25, 0.3) is 5.91 Å². The molecule has 0 aliphatic rings. The average Bonchev–Trinajstić information content (AvgIpc) is 3.05. The third kappa shape index (κ3) is 5.07. The Morgan fingerprint density at radius 3 is 2.20 bits per heavy atom. The Kier molecular flexibility index (Phi) is 5.63. The highest BCUT2D eigenvalue weighted by Gasteiger charge is 2.30. The number of halogens is 3. The molecule has 0 unspecified atom stereocenters. The minimum atomic E-state index is -4.48. The van der Waals surface area contributed by atoms with Crippen molar-refractivity contribution in [1.82, 2.24) is 9.97 Å². The number of benzene rings is 2. The van der Waals surface area contributed by atoms with Crippen molar-refractivity contribution in [3.8, 4) is 0 Å². The van der Waals surface area contributed by atoms with Crippen LogP contribution in [-0.4, -0.2) is 21.9 Å². The van der Waals surface area contributed by atoms with Crippen LogP contribution in [0.15, 0.2) is 48.5 Å². The van der Waals surface area contributed by atoms with Gasteiger partial charge in [-0.05, 0) is 42.0 Å². The highest BCUT2D eigenvalue weighted by molar-refractivity contribution is 6.04. The van der Waals surface area contributed by atoms with Gasteiger partial charge in [-0.1, -0.05) is 12.1 Å². The highest BCUT2D eigenvalue weighted by atomic mass is 19.4. The molecule has 0 saturated heterocycles. The van der Waals surface area contributed by atoms with E-state index in [0.29, 0.717) is 17.9 Å². The standard InChI is InChI=1S/C19H17F3N6O2/c20-19(21,22)11-3-7-13(8-4-11)25-18(30)28-17-15(16(24)29)26-14(27-17)9-10-1-5-12(23)6-2-10/h1-8H,9,23H2,(H2,24,29)(H,26,27)(H2,25,28,30). The molecule has 3 aromatic rings. The molecule has 0 aliphatic heterocycles. The predicted octanol–water partition coefficient (Wildman–Crippen LogP) is 3.34. The molecule has 0 fully saturated rings. The minimum absolute atomic E-state index is 0.0997. The zero-order valence-corrected chi connectivity index (χ0v) is 15.4. The van der Waals surface area contributed by atoms with Crippen LogP contribution >= 0.6 is 0 Å². The van der Waals surface area contributed by atoms with Crippen LogP contribution in [0.2, 0.25) is 0 Å². The van der Waals surface area contributed by atoms with Gasteiger partial charge in [-0.2, -0.15) is 13.2 Å². The second-order valence-corrected chi connectivity index (χ2v) is 6.34. The van der Waals surface area contributed by atoms with Gasteiger partial charge < -0.3 is 21.8 Å². The van der Waals surface area contributed by atoms with Crippen molar-refractivity contribution >= 4 is 29.1 Å². The van der Waals surface area contributed by atoms with E-state index in [1.54, 1.807) is 24.3 Å². The molecule has 1 heterocycles. The first-order valence-electron chi connectivity index (χ1n) is 8.60. The quantitative estimate of drug-likeness (QED) is 0.406. The van der Waals surface area contributed by atoms with Gasteiger partial charge in [0.15, 0.2) is 5.82 Å². The largest absolute Gasteiger partial charge is 0.416 e. The number of nitrogen functional groups attached to an aromatic ring is 1. The monoisotopic (exact) mass is 418 g/mol. The number of carbonyl (C=O) groups is 2. The molecular formula is C19H17F3N6O2. The molecule has 0 spiro atoms. The maximum absolute atomic E-state index is 12.6. The van der Waals surface area contributed by atoms with Crippen molar-refractivity contribution in [2.24, 2.45) is 5.73 Å². The summed E-state index contributed by atoms with van der Waals surface area (Å²) in [4.78, 5) is 30.8. The summed E-state index contributed by atoms with van der Waals surface area (Å²) in [5.74, 6) is -0.563. The molecular weight excluding hydrogens is 401 g/mol. The summed E-state index contributed by atoms with van der Waals surface area (Å²) in [7, 11) is 0. The molecule has 30 heavy (non-hydrogen) atoms. The Labute approximate surface area is 168 Å². The summed E-state index contributed by atoms with van der Waals surface area (Å²) in [6.45, 7) is 0. The molecule has 156 valence electrons. The Morgan fingerprint density at radius 2 is 1.63 bits per heavy atom. The summed E-state index contributed by atoms with van der Waals surface area (Å²) in [5.41, 5.74) is 11.6.